The molecule has 0 aliphatic heterocycles. The monoisotopic (exact) mass is 1030 g/mol. The Bertz CT molecular complexity index is 1120. The van der Waals surface area contributed by atoms with Gasteiger partial charge in [0.25, 0.3) is 7.82 Å². The minimum absolute atomic E-state index is 0.0164. The molecule has 0 aromatic heterocycles. The number of nitrogens with zero attached hydrogens (tertiary/aromatic N) is 1. The Morgan fingerprint density at radius 2 is 0.690 bits per heavy atom. The van der Waals surface area contributed by atoms with Crippen LogP contribution in [0, 0.1) is 0 Å². The van der Waals surface area contributed by atoms with E-state index in [1.165, 1.54) is 276 Å². The first-order valence-electron chi connectivity index (χ1n) is 31.9. The van der Waals surface area contributed by atoms with E-state index in [9.17, 15) is 19.4 Å². The van der Waals surface area contributed by atoms with Crippen LogP contribution in [0.4, 0.5) is 0 Å². The van der Waals surface area contributed by atoms with Crippen molar-refractivity contribution in [2.45, 2.75) is 353 Å². The third kappa shape index (κ3) is 57.1. The van der Waals surface area contributed by atoms with Crippen molar-refractivity contribution in [3.63, 3.8) is 0 Å². The number of rotatable bonds is 60. The molecule has 0 radical (unpaired) electrons. The number of phosphoric ester groups is 1. The summed E-state index contributed by atoms with van der Waals surface area (Å²) in [4.78, 5) is 25.5. The van der Waals surface area contributed by atoms with Gasteiger partial charge in [-0.15, -0.1) is 0 Å². The molecular weight excluding hydrogens is 900 g/mol. The van der Waals surface area contributed by atoms with Gasteiger partial charge in [-0.3, -0.25) is 9.36 Å². The van der Waals surface area contributed by atoms with Crippen LogP contribution < -0.4 is 10.2 Å². The average Bonchev–Trinajstić information content (AvgIpc) is 3.33. The number of hydrogen-bond acceptors (Lipinski definition) is 6. The van der Waals surface area contributed by atoms with Crippen LogP contribution in [0.5, 0.6) is 0 Å². The summed E-state index contributed by atoms with van der Waals surface area (Å²) in [5, 5.41) is 14.0. The average molecular weight is 1030 g/mol. The number of carbonyl (C=O) groups excluding carboxylic acids is 1. The van der Waals surface area contributed by atoms with E-state index in [1.54, 1.807) is 0 Å². The van der Waals surface area contributed by atoms with E-state index in [4.69, 9.17) is 9.05 Å². The Balaban J connectivity index is 3.84. The van der Waals surface area contributed by atoms with Gasteiger partial charge in [0.05, 0.1) is 39.9 Å². The number of phosphoric acid groups is 1. The second-order valence-corrected chi connectivity index (χ2v) is 24.9. The second-order valence-electron chi connectivity index (χ2n) is 23.5. The molecule has 0 saturated heterocycles. The highest BCUT2D eigenvalue weighted by Gasteiger charge is 2.24. The van der Waals surface area contributed by atoms with Crippen molar-refractivity contribution in [1.29, 1.82) is 0 Å². The van der Waals surface area contributed by atoms with E-state index in [0.717, 1.165) is 38.5 Å². The van der Waals surface area contributed by atoms with Crippen molar-refractivity contribution in [3.05, 3.63) is 0 Å². The fraction of sp³-hybridized carbons (Fsp3) is 0.984. The lowest BCUT2D eigenvalue weighted by atomic mass is 10.0. The first-order chi connectivity index (χ1) is 34.5. The molecule has 0 spiro atoms. The molecule has 0 aromatic rings. The molecule has 1 unspecified atom stereocenters. The first-order valence-corrected chi connectivity index (χ1v) is 33.3. The molecule has 0 saturated carbocycles. The van der Waals surface area contributed by atoms with E-state index < -0.39 is 20.0 Å². The number of likely N-dealkylation sites (N-methyl/N-ethyl adjacent to an activating group) is 1. The molecule has 0 heterocycles. The third-order valence-corrected chi connectivity index (χ3v) is 16.1. The fourth-order valence-corrected chi connectivity index (χ4v) is 10.8. The van der Waals surface area contributed by atoms with Crippen molar-refractivity contribution in [3.8, 4) is 0 Å². The number of nitrogens with one attached hydrogen (secondary N) is 1. The van der Waals surface area contributed by atoms with Crippen LogP contribution in [0.3, 0.4) is 0 Å². The summed E-state index contributed by atoms with van der Waals surface area (Å²) in [6.45, 7) is 4.77. The molecule has 0 aliphatic rings. The molecular formula is C62H127N2O6P. The van der Waals surface area contributed by atoms with Crippen LogP contribution in [0.2, 0.25) is 0 Å². The van der Waals surface area contributed by atoms with Crippen molar-refractivity contribution < 1.29 is 32.9 Å². The topological polar surface area (TPSA) is 108 Å². The molecule has 0 bridgehead atoms. The molecule has 0 aliphatic carbocycles. The van der Waals surface area contributed by atoms with Crippen LogP contribution in [-0.4, -0.2) is 68.5 Å². The highest BCUT2D eigenvalue weighted by molar-refractivity contribution is 7.45. The zero-order valence-electron chi connectivity index (χ0n) is 48.7. The normalized spacial score (nSPS) is 13.7. The van der Waals surface area contributed by atoms with E-state index in [0.29, 0.717) is 23.9 Å². The number of unbranched alkanes of at least 4 members (excludes halogenated alkanes) is 47. The summed E-state index contributed by atoms with van der Waals surface area (Å²) >= 11 is 0. The van der Waals surface area contributed by atoms with E-state index in [-0.39, 0.29) is 19.1 Å². The highest BCUT2D eigenvalue weighted by Crippen LogP contribution is 2.38. The number of aliphatic hydroxyl groups excluding tert-OH is 1. The number of quaternary nitrogens is 1. The maximum Gasteiger partial charge on any atom is 0.268 e. The predicted octanol–water partition coefficient (Wildman–Crippen LogP) is 19.0. The summed E-state index contributed by atoms with van der Waals surface area (Å²) in [6, 6.07) is -0.794. The lowest BCUT2D eigenvalue weighted by Crippen LogP contribution is -2.46. The molecule has 0 aromatic carbocycles. The summed E-state index contributed by atoms with van der Waals surface area (Å²) in [7, 11) is 1.32. The molecule has 9 heteroatoms. The van der Waals surface area contributed by atoms with Crippen LogP contribution in [0.15, 0.2) is 0 Å². The van der Waals surface area contributed by atoms with E-state index in [1.807, 2.05) is 21.1 Å². The summed E-state index contributed by atoms with van der Waals surface area (Å²) in [5.41, 5.74) is 0. The lowest BCUT2D eigenvalue weighted by Gasteiger charge is -2.30. The summed E-state index contributed by atoms with van der Waals surface area (Å²) in [5.74, 6) is -0.157. The molecule has 0 fully saturated rings. The molecule has 1 amide bonds. The number of carbonyl (C=O) groups is 1. The smallest absolute Gasteiger partial charge is 0.268 e. The maximum atomic E-state index is 13.0. The van der Waals surface area contributed by atoms with Gasteiger partial charge in [0.1, 0.15) is 13.2 Å². The molecule has 71 heavy (non-hydrogen) atoms. The molecule has 0 rings (SSSR count). The van der Waals surface area contributed by atoms with Crippen LogP contribution in [0.1, 0.15) is 341 Å². The summed E-state index contributed by atoms with van der Waals surface area (Å²) < 4.78 is 23.4. The van der Waals surface area contributed by atoms with E-state index >= 15 is 0 Å². The fourth-order valence-electron chi connectivity index (χ4n) is 10.1. The van der Waals surface area contributed by atoms with Gasteiger partial charge in [-0.25, -0.2) is 0 Å². The van der Waals surface area contributed by atoms with Crippen LogP contribution in [0.25, 0.3) is 0 Å². The molecule has 3 atom stereocenters. The first kappa shape index (κ1) is 70.5. The second kappa shape index (κ2) is 54.3. The number of hydrogen-bond donors (Lipinski definition) is 2. The van der Waals surface area contributed by atoms with Gasteiger partial charge in [-0.1, -0.05) is 322 Å². The quantitative estimate of drug-likeness (QED) is 0.0357. The highest BCUT2D eigenvalue weighted by atomic mass is 31.2. The number of aliphatic hydroxyl groups is 1. The number of amides is 1. The Morgan fingerprint density at radius 1 is 0.437 bits per heavy atom. The van der Waals surface area contributed by atoms with Gasteiger partial charge in [-0.2, -0.15) is 0 Å². The van der Waals surface area contributed by atoms with Crippen molar-refractivity contribution in [2.75, 3.05) is 40.9 Å². The SMILES string of the molecule is CCCCCCCCCCCCCCCCCCCCCCCCCCCCCCCCCCCCCCC(=O)N[C@@H](COP(=O)([O-])OCC[N+](C)(C)C)[C@H](O)CCCCCCCCCCCCCCC. The Morgan fingerprint density at radius 3 is 0.958 bits per heavy atom. The van der Waals surface area contributed by atoms with Crippen molar-refractivity contribution in [2.24, 2.45) is 0 Å². The van der Waals surface area contributed by atoms with Gasteiger partial charge in [0, 0.05) is 6.42 Å². The standard InChI is InChI=1S/C62H127N2O6P/c1-6-8-10-12-14-16-18-20-21-22-23-24-25-26-27-28-29-30-31-32-33-34-35-36-37-38-39-40-41-42-44-46-48-50-52-54-56-62(66)63-60(59-70-71(67,68)69-58-57-64(3,4)5)61(65)55-53-51-49-47-45-43-19-17-15-13-11-9-7-2/h60-61,65H,6-59H2,1-5H3,(H-,63,66,67,68)/t60-,61+/m0/s1. The minimum Gasteiger partial charge on any atom is -0.756 e. The lowest BCUT2D eigenvalue weighted by molar-refractivity contribution is -0.870. The van der Waals surface area contributed by atoms with Crippen molar-refractivity contribution in [1.82, 2.24) is 5.32 Å². The van der Waals surface area contributed by atoms with Crippen LogP contribution in [-0.2, 0) is 18.4 Å². The zero-order chi connectivity index (χ0) is 52.0. The largest absolute Gasteiger partial charge is 0.756 e. The Hall–Kier alpha value is -0.500. The molecule has 2 N–H and O–H groups in total. The zero-order valence-corrected chi connectivity index (χ0v) is 49.6. The summed E-state index contributed by atoms with van der Waals surface area (Å²) in [6.07, 6.45) is 66.1. The van der Waals surface area contributed by atoms with E-state index in [2.05, 4.69) is 19.2 Å². The maximum absolute atomic E-state index is 13.0. The van der Waals surface area contributed by atoms with Gasteiger partial charge in [0.2, 0.25) is 5.91 Å². The van der Waals surface area contributed by atoms with Gasteiger partial charge in [-0.05, 0) is 12.8 Å². The van der Waals surface area contributed by atoms with Crippen molar-refractivity contribution >= 4 is 13.7 Å². The predicted molar refractivity (Wildman–Crippen MR) is 307 cm³/mol. The van der Waals surface area contributed by atoms with Gasteiger partial charge >= 0.3 is 0 Å². The van der Waals surface area contributed by atoms with Gasteiger partial charge < -0.3 is 28.8 Å². The molecule has 426 valence electrons. The molecule has 8 nitrogen and oxygen atoms in total. The Labute approximate surface area is 444 Å². The van der Waals surface area contributed by atoms with Crippen LogP contribution >= 0.6 is 7.82 Å². The minimum atomic E-state index is -4.57. The third-order valence-electron chi connectivity index (χ3n) is 15.1. The Kier molecular flexibility index (Phi) is 53.9. The van der Waals surface area contributed by atoms with Gasteiger partial charge in [0.15, 0.2) is 0 Å².